The van der Waals surface area contributed by atoms with Crippen LogP contribution < -0.4 is 5.32 Å². The second-order valence-corrected chi connectivity index (χ2v) is 12.9. The van der Waals surface area contributed by atoms with Crippen molar-refractivity contribution in [2.24, 2.45) is 4.99 Å². The van der Waals surface area contributed by atoms with Crippen LogP contribution in [0.25, 0.3) is 21.5 Å². The van der Waals surface area contributed by atoms with Gasteiger partial charge in [-0.1, -0.05) is 112 Å². The highest BCUT2D eigenvalue weighted by Crippen LogP contribution is 2.47. The molecule has 204 valence electrons. The topological polar surface area (TPSA) is 24.4 Å². The zero-order chi connectivity index (χ0) is 28.4. The van der Waals surface area contributed by atoms with E-state index in [4.69, 9.17) is 16.6 Å². The molecule has 1 aliphatic carbocycles. The van der Waals surface area contributed by atoms with Crippen LogP contribution in [-0.2, 0) is 10.8 Å². The lowest BCUT2D eigenvalue weighted by atomic mass is 9.79. The van der Waals surface area contributed by atoms with Crippen molar-refractivity contribution in [2.45, 2.75) is 57.8 Å². The normalized spacial score (nSPS) is 21.1. The summed E-state index contributed by atoms with van der Waals surface area (Å²) in [6.07, 6.45) is 11.9. The van der Waals surface area contributed by atoms with Gasteiger partial charge in [0.1, 0.15) is 0 Å². The van der Waals surface area contributed by atoms with Gasteiger partial charge in [0.2, 0.25) is 0 Å². The summed E-state index contributed by atoms with van der Waals surface area (Å²) < 4.78 is 0. The van der Waals surface area contributed by atoms with E-state index in [-0.39, 0.29) is 10.8 Å². The van der Waals surface area contributed by atoms with Crippen LogP contribution in [-0.4, -0.2) is 5.71 Å². The van der Waals surface area contributed by atoms with Gasteiger partial charge in [0.15, 0.2) is 0 Å². The van der Waals surface area contributed by atoms with Crippen molar-refractivity contribution in [3.05, 3.63) is 130 Å². The molecule has 0 fully saturated rings. The molecule has 0 aromatic heterocycles. The first kappa shape index (κ1) is 26.0. The van der Waals surface area contributed by atoms with Gasteiger partial charge >= 0.3 is 0 Å². The summed E-state index contributed by atoms with van der Waals surface area (Å²) in [4.78, 5) is 5.06. The Bertz CT molecular complexity index is 1890. The number of hydrogen-bond donors (Lipinski definition) is 1. The molecule has 41 heavy (non-hydrogen) atoms. The van der Waals surface area contributed by atoms with E-state index in [9.17, 15) is 0 Å². The van der Waals surface area contributed by atoms with Gasteiger partial charge in [-0.25, -0.2) is 0 Å². The van der Waals surface area contributed by atoms with E-state index in [1.807, 2.05) is 0 Å². The van der Waals surface area contributed by atoms with Gasteiger partial charge in [-0.15, -0.1) is 0 Å². The Morgan fingerprint density at radius 3 is 2.17 bits per heavy atom. The first-order valence-corrected chi connectivity index (χ1v) is 15.0. The van der Waals surface area contributed by atoms with Crippen molar-refractivity contribution < 1.29 is 0 Å². The summed E-state index contributed by atoms with van der Waals surface area (Å²) in [5.74, 6) is 0. The predicted molar refractivity (Wildman–Crippen MR) is 177 cm³/mol. The maximum absolute atomic E-state index is 7.07. The van der Waals surface area contributed by atoms with Crippen molar-refractivity contribution in [3.63, 3.8) is 0 Å². The number of anilines is 1. The molecule has 2 aliphatic heterocycles. The second kappa shape index (κ2) is 9.60. The Labute approximate surface area is 247 Å². The van der Waals surface area contributed by atoms with E-state index in [1.165, 1.54) is 55.2 Å². The molecule has 2 nitrogen and oxygen atoms in total. The Morgan fingerprint density at radius 1 is 0.732 bits per heavy atom. The highest BCUT2D eigenvalue weighted by Gasteiger charge is 2.36. The first-order valence-electron chi connectivity index (χ1n) is 14.6. The SMILES string of the molecule is CC1(C)C(/C=C/C2=C(Cl)C(=C/C=C3/Nc4ccc5ccccc5c4C3(C)C)/CCC2)=Nc2ccc3ccccc3c21. The average molecular weight is 555 g/mol. The minimum absolute atomic E-state index is 0.119. The number of allylic oxidation sites excluding steroid dienone is 8. The fourth-order valence-electron chi connectivity index (χ4n) is 6.96. The molecule has 0 spiro atoms. The zero-order valence-electron chi connectivity index (χ0n) is 24.2. The third-order valence-electron chi connectivity index (χ3n) is 9.26. The molecule has 0 amide bonds. The molecule has 0 bridgehead atoms. The van der Waals surface area contributed by atoms with Gasteiger partial charge in [-0.2, -0.15) is 0 Å². The van der Waals surface area contributed by atoms with Crippen LogP contribution >= 0.6 is 11.6 Å². The molecule has 0 radical (unpaired) electrons. The van der Waals surface area contributed by atoms with Crippen LogP contribution in [0.15, 0.2) is 124 Å². The van der Waals surface area contributed by atoms with Crippen molar-refractivity contribution in [2.75, 3.05) is 5.32 Å². The summed E-state index contributed by atoms with van der Waals surface area (Å²) in [5.41, 5.74) is 9.33. The van der Waals surface area contributed by atoms with E-state index in [0.717, 1.165) is 35.7 Å². The molecule has 0 saturated carbocycles. The van der Waals surface area contributed by atoms with E-state index in [2.05, 4.69) is 130 Å². The molecule has 2 heterocycles. The maximum atomic E-state index is 7.07. The van der Waals surface area contributed by atoms with Crippen LogP contribution in [0.4, 0.5) is 11.4 Å². The van der Waals surface area contributed by atoms with E-state index in [0.29, 0.717) is 0 Å². The van der Waals surface area contributed by atoms with Gasteiger partial charge in [0.25, 0.3) is 0 Å². The highest BCUT2D eigenvalue weighted by molar-refractivity contribution is 6.32. The summed E-state index contributed by atoms with van der Waals surface area (Å²) in [5, 5.41) is 9.72. The van der Waals surface area contributed by atoms with Crippen molar-refractivity contribution >= 4 is 50.2 Å². The Hall–Kier alpha value is -3.88. The van der Waals surface area contributed by atoms with Gasteiger partial charge < -0.3 is 5.32 Å². The Morgan fingerprint density at radius 2 is 1.41 bits per heavy atom. The summed E-state index contributed by atoms with van der Waals surface area (Å²) in [6.45, 7) is 9.17. The van der Waals surface area contributed by atoms with Gasteiger partial charge in [0.05, 0.1) is 11.4 Å². The lowest BCUT2D eigenvalue weighted by molar-refractivity contribution is 0.659. The molecule has 4 aromatic rings. The van der Waals surface area contributed by atoms with Crippen LogP contribution in [0.1, 0.15) is 58.1 Å². The largest absolute Gasteiger partial charge is 0.358 e. The monoisotopic (exact) mass is 554 g/mol. The van der Waals surface area contributed by atoms with Crippen LogP contribution in [0.2, 0.25) is 0 Å². The third kappa shape index (κ3) is 4.19. The van der Waals surface area contributed by atoms with Gasteiger partial charge in [0, 0.05) is 27.2 Å². The summed E-state index contributed by atoms with van der Waals surface area (Å²) in [7, 11) is 0. The molecule has 7 rings (SSSR count). The molecule has 4 aromatic carbocycles. The number of nitrogens with one attached hydrogen (secondary N) is 1. The number of rotatable bonds is 3. The third-order valence-corrected chi connectivity index (χ3v) is 9.75. The Kier molecular flexibility index (Phi) is 6.10. The molecule has 0 unspecified atom stereocenters. The van der Waals surface area contributed by atoms with Crippen molar-refractivity contribution in [3.8, 4) is 0 Å². The molecular formula is C38H35ClN2. The molecular weight excluding hydrogens is 520 g/mol. The average Bonchev–Trinajstić information content (AvgIpc) is 3.39. The molecule has 3 aliphatic rings. The van der Waals surface area contributed by atoms with Gasteiger partial charge in [-0.3, -0.25) is 4.99 Å². The fourth-order valence-corrected chi connectivity index (χ4v) is 7.27. The smallest absolute Gasteiger partial charge is 0.0681 e. The lowest BCUT2D eigenvalue weighted by Crippen LogP contribution is -2.24. The van der Waals surface area contributed by atoms with Crippen molar-refractivity contribution in [1.82, 2.24) is 0 Å². The standard InChI is InChI=1S/C38H35ClN2/c1-37(2)32(40-30-20-16-24-10-5-7-14-28(24)34(30)37)22-18-26-12-9-13-27(36(26)39)19-23-33-38(3,4)35-29-15-8-6-11-25(29)17-21-31(35)41-33/h5-8,10-11,14-23,40H,9,12-13H2,1-4H3/b23-19+,26-18+,32-22+. The van der Waals surface area contributed by atoms with E-state index >= 15 is 0 Å². The second-order valence-electron chi connectivity index (χ2n) is 12.6. The quantitative estimate of drug-likeness (QED) is 0.267. The fraction of sp³-hybridized carbons (Fsp3) is 0.237. The zero-order valence-corrected chi connectivity index (χ0v) is 24.9. The van der Waals surface area contributed by atoms with Crippen LogP contribution in [0.3, 0.4) is 0 Å². The maximum Gasteiger partial charge on any atom is 0.0681 e. The minimum Gasteiger partial charge on any atom is -0.358 e. The number of nitrogens with zero attached hydrogens (tertiary/aromatic N) is 1. The minimum atomic E-state index is -0.170. The summed E-state index contributed by atoms with van der Waals surface area (Å²) in [6, 6.07) is 26.0. The van der Waals surface area contributed by atoms with E-state index < -0.39 is 0 Å². The number of halogens is 1. The number of fused-ring (bicyclic) bond motifs is 6. The lowest BCUT2D eigenvalue weighted by Gasteiger charge is -2.23. The van der Waals surface area contributed by atoms with Crippen molar-refractivity contribution in [1.29, 1.82) is 0 Å². The van der Waals surface area contributed by atoms with E-state index in [1.54, 1.807) is 0 Å². The van der Waals surface area contributed by atoms with Gasteiger partial charge in [-0.05, 0) is 87.4 Å². The molecule has 0 atom stereocenters. The first-order chi connectivity index (χ1) is 19.7. The highest BCUT2D eigenvalue weighted by atomic mass is 35.5. The Balaban J connectivity index is 1.18. The number of benzene rings is 4. The summed E-state index contributed by atoms with van der Waals surface area (Å²) >= 11 is 7.07. The molecule has 3 heteroatoms. The molecule has 0 saturated heterocycles. The molecule has 1 N–H and O–H groups in total. The predicted octanol–water partition coefficient (Wildman–Crippen LogP) is 10.8. The van der Waals surface area contributed by atoms with Crippen LogP contribution in [0.5, 0.6) is 0 Å². The number of hydrogen-bond acceptors (Lipinski definition) is 2. The number of aliphatic imine (C=N–C) groups is 1. The van der Waals surface area contributed by atoms with Crippen LogP contribution in [0, 0.1) is 0 Å².